The molecule has 1 saturated carbocycles. The van der Waals surface area contributed by atoms with Crippen LogP contribution in [-0.4, -0.2) is 6.04 Å². The van der Waals surface area contributed by atoms with Crippen molar-refractivity contribution in [2.24, 2.45) is 0 Å². The second kappa shape index (κ2) is 5.13. The van der Waals surface area contributed by atoms with E-state index in [2.05, 4.69) is 5.32 Å². The standard InChI is InChI=1S/C13H14F2N2/c14-11-6-9(8-16)7-12(15)13(11)17-10-4-2-1-3-5-10/h6-7,10,17H,1-5H2. The predicted octanol–water partition coefficient (Wildman–Crippen LogP) is 3.58. The summed E-state index contributed by atoms with van der Waals surface area (Å²) in [5.74, 6) is -1.38. The van der Waals surface area contributed by atoms with Gasteiger partial charge in [0.25, 0.3) is 0 Å². The molecule has 17 heavy (non-hydrogen) atoms. The Morgan fingerprint density at radius 2 is 1.71 bits per heavy atom. The lowest BCUT2D eigenvalue weighted by Gasteiger charge is -2.24. The number of hydrogen-bond acceptors (Lipinski definition) is 2. The Bertz CT molecular complexity index is 422. The number of nitrogens with one attached hydrogen (secondary N) is 1. The molecule has 0 bridgehead atoms. The number of anilines is 1. The summed E-state index contributed by atoms with van der Waals surface area (Å²) in [5.41, 5.74) is -0.0925. The molecule has 0 saturated heterocycles. The molecule has 4 heteroatoms. The lowest BCUT2D eigenvalue weighted by atomic mass is 9.95. The third kappa shape index (κ3) is 2.73. The van der Waals surface area contributed by atoms with Crippen molar-refractivity contribution in [2.45, 2.75) is 38.1 Å². The first kappa shape index (κ1) is 11.8. The normalized spacial score (nSPS) is 16.5. The second-order valence-corrected chi connectivity index (χ2v) is 4.41. The molecule has 1 aromatic rings. The first-order valence-electron chi connectivity index (χ1n) is 5.86. The van der Waals surface area contributed by atoms with Gasteiger partial charge in [-0.25, -0.2) is 8.78 Å². The van der Waals surface area contributed by atoms with Crippen LogP contribution in [0.15, 0.2) is 12.1 Å². The van der Waals surface area contributed by atoms with E-state index in [1.807, 2.05) is 0 Å². The zero-order chi connectivity index (χ0) is 12.3. The topological polar surface area (TPSA) is 35.8 Å². The van der Waals surface area contributed by atoms with Crippen LogP contribution in [0.1, 0.15) is 37.7 Å². The highest BCUT2D eigenvalue weighted by atomic mass is 19.1. The SMILES string of the molecule is N#Cc1cc(F)c(NC2CCCCC2)c(F)c1. The van der Waals surface area contributed by atoms with Crippen LogP contribution in [0.25, 0.3) is 0 Å². The molecule has 2 nitrogen and oxygen atoms in total. The van der Waals surface area contributed by atoms with Crippen molar-refractivity contribution < 1.29 is 8.78 Å². The van der Waals surface area contributed by atoms with Crippen LogP contribution in [-0.2, 0) is 0 Å². The Morgan fingerprint density at radius 1 is 1.12 bits per heavy atom. The smallest absolute Gasteiger partial charge is 0.150 e. The maximum atomic E-state index is 13.6. The summed E-state index contributed by atoms with van der Waals surface area (Å²) in [7, 11) is 0. The van der Waals surface area contributed by atoms with Crippen LogP contribution in [0.4, 0.5) is 14.5 Å². The molecule has 0 spiro atoms. The van der Waals surface area contributed by atoms with E-state index in [4.69, 9.17) is 5.26 Å². The third-order valence-corrected chi connectivity index (χ3v) is 3.12. The monoisotopic (exact) mass is 236 g/mol. The lowest BCUT2D eigenvalue weighted by Crippen LogP contribution is -2.23. The fraction of sp³-hybridized carbons (Fsp3) is 0.462. The van der Waals surface area contributed by atoms with Gasteiger partial charge in [0.1, 0.15) is 5.69 Å². The maximum Gasteiger partial charge on any atom is 0.150 e. The van der Waals surface area contributed by atoms with Gasteiger partial charge in [-0.05, 0) is 25.0 Å². The van der Waals surface area contributed by atoms with Gasteiger partial charge in [-0.3, -0.25) is 0 Å². The molecule has 1 aliphatic carbocycles. The van der Waals surface area contributed by atoms with E-state index < -0.39 is 11.6 Å². The van der Waals surface area contributed by atoms with Crippen LogP contribution < -0.4 is 5.32 Å². The predicted molar refractivity (Wildman–Crippen MR) is 61.6 cm³/mol. The molecule has 90 valence electrons. The quantitative estimate of drug-likeness (QED) is 0.851. The van der Waals surface area contributed by atoms with E-state index >= 15 is 0 Å². The maximum absolute atomic E-state index is 13.6. The summed E-state index contributed by atoms with van der Waals surface area (Å²) in [6, 6.07) is 4.00. The molecule has 1 fully saturated rings. The van der Waals surface area contributed by atoms with Gasteiger partial charge in [-0.2, -0.15) is 5.26 Å². The van der Waals surface area contributed by atoms with Gasteiger partial charge in [0.05, 0.1) is 11.6 Å². The average molecular weight is 236 g/mol. The van der Waals surface area contributed by atoms with Gasteiger partial charge in [-0.1, -0.05) is 19.3 Å². The Morgan fingerprint density at radius 3 is 2.24 bits per heavy atom. The van der Waals surface area contributed by atoms with E-state index in [1.165, 1.54) is 6.42 Å². The van der Waals surface area contributed by atoms with Gasteiger partial charge >= 0.3 is 0 Å². The minimum absolute atomic E-state index is 0.00851. The summed E-state index contributed by atoms with van der Waals surface area (Å²) < 4.78 is 27.2. The minimum atomic E-state index is -0.688. The number of halogens is 2. The molecule has 1 aliphatic rings. The fourth-order valence-electron chi connectivity index (χ4n) is 2.23. The molecule has 0 atom stereocenters. The van der Waals surface area contributed by atoms with Crippen molar-refractivity contribution in [3.63, 3.8) is 0 Å². The van der Waals surface area contributed by atoms with E-state index in [-0.39, 0.29) is 17.3 Å². The number of nitriles is 1. The molecule has 0 radical (unpaired) electrons. The van der Waals surface area contributed by atoms with Crippen molar-refractivity contribution in [3.8, 4) is 6.07 Å². The molecule has 1 N–H and O–H groups in total. The van der Waals surface area contributed by atoms with Gasteiger partial charge < -0.3 is 5.32 Å². The Hall–Kier alpha value is -1.63. The number of benzene rings is 1. The first-order valence-corrected chi connectivity index (χ1v) is 5.86. The van der Waals surface area contributed by atoms with Crippen molar-refractivity contribution in [3.05, 3.63) is 29.3 Å². The molecule has 0 unspecified atom stereocenters. The average Bonchev–Trinajstić information content (AvgIpc) is 2.35. The molecule has 0 aliphatic heterocycles. The van der Waals surface area contributed by atoms with Gasteiger partial charge in [0.2, 0.25) is 0 Å². The summed E-state index contributed by atoms with van der Waals surface area (Å²) in [5, 5.41) is 11.5. The zero-order valence-corrected chi connectivity index (χ0v) is 9.47. The second-order valence-electron chi connectivity index (χ2n) is 4.41. The molecule has 0 heterocycles. The van der Waals surface area contributed by atoms with Crippen LogP contribution in [0.5, 0.6) is 0 Å². The van der Waals surface area contributed by atoms with Crippen LogP contribution in [0, 0.1) is 23.0 Å². The van der Waals surface area contributed by atoms with E-state index in [0.717, 1.165) is 37.8 Å². The first-order chi connectivity index (χ1) is 8.20. The molecule has 0 amide bonds. The number of nitrogens with zero attached hydrogens (tertiary/aromatic N) is 1. The molecule has 1 aromatic carbocycles. The highest BCUT2D eigenvalue weighted by Gasteiger charge is 2.17. The molecular formula is C13H14F2N2. The van der Waals surface area contributed by atoms with Crippen molar-refractivity contribution in [1.29, 1.82) is 5.26 Å². The number of hydrogen-bond donors (Lipinski definition) is 1. The highest BCUT2D eigenvalue weighted by molar-refractivity contribution is 5.51. The largest absolute Gasteiger partial charge is 0.378 e. The Labute approximate surface area is 99.3 Å². The summed E-state index contributed by atoms with van der Waals surface area (Å²) in [4.78, 5) is 0. The van der Waals surface area contributed by atoms with E-state index in [0.29, 0.717) is 0 Å². The van der Waals surface area contributed by atoms with Gasteiger partial charge in [0, 0.05) is 6.04 Å². The lowest BCUT2D eigenvalue weighted by molar-refractivity contribution is 0.457. The van der Waals surface area contributed by atoms with Crippen molar-refractivity contribution in [2.75, 3.05) is 5.32 Å². The Kier molecular flexibility index (Phi) is 3.58. The highest BCUT2D eigenvalue weighted by Crippen LogP contribution is 2.26. The third-order valence-electron chi connectivity index (χ3n) is 3.12. The van der Waals surface area contributed by atoms with E-state index in [9.17, 15) is 8.78 Å². The van der Waals surface area contributed by atoms with Crippen LogP contribution >= 0.6 is 0 Å². The van der Waals surface area contributed by atoms with Crippen molar-refractivity contribution >= 4 is 5.69 Å². The van der Waals surface area contributed by atoms with Crippen LogP contribution in [0.3, 0.4) is 0 Å². The molecular weight excluding hydrogens is 222 g/mol. The van der Waals surface area contributed by atoms with Crippen molar-refractivity contribution in [1.82, 2.24) is 0 Å². The molecule has 0 aromatic heterocycles. The summed E-state index contributed by atoms with van der Waals surface area (Å²) in [6.45, 7) is 0. The summed E-state index contributed by atoms with van der Waals surface area (Å²) in [6.07, 6.45) is 5.27. The van der Waals surface area contributed by atoms with Gasteiger partial charge in [0.15, 0.2) is 11.6 Å². The van der Waals surface area contributed by atoms with Crippen LogP contribution in [0.2, 0.25) is 0 Å². The fourth-order valence-corrected chi connectivity index (χ4v) is 2.23. The number of rotatable bonds is 2. The zero-order valence-electron chi connectivity index (χ0n) is 9.47. The molecule has 2 rings (SSSR count). The summed E-state index contributed by atoms with van der Waals surface area (Å²) >= 11 is 0. The minimum Gasteiger partial charge on any atom is -0.378 e. The van der Waals surface area contributed by atoms with E-state index in [1.54, 1.807) is 6.07 Å². The Balaban J connectivity index is 2.18. The van der Waals surface area contributed by atoms with Gasteiger partial charge in [-0.15, -0.1) is 0 Å².